The van der Waals surface area contributed by atoms with Crippen molar-refractivity contribution in [2.75, 3.05) is 14.2 Å². The van der Waals surface area contributed by atoms with Crippen LogP contribution in [-0.2, 0) is 5.67 Å². The van der Waals surface area contributed by atoms with Crippen molar-refractivity contribution in [1.29, 1.82) is 0 Å². The van der Waals surface area contributed by atoms with Gasteiger partial charge in [0.25, 0.3) is 11.8 Å². The first-order chi connectivity index (χ1) is 9.82. The number of hydrogen-bond donors (Lipinski definition) is 0. The molecule has 0 bridgehead atoms. The summed E-state index contributed by atoms with van der Waals surface area (Å²) in [4.78, 5) is 2.85. The maximum Gasteiger partial charge on any atom is 0.436 e. The van der Waals surface area contributed by atoms with Crippen LogP contribution in [0, 0.1) is 11.6 Å². The number of aromatic nitrogens is 1. The van der Waals surface area contributed by atoms with Gasteiger partial charge in [-0.05, 0) is 0 Å². The summed E-state index contributed by atoms with van der Waals surface area (Å²) < 4.78 is 125. The number of rotatable bonds is 3. The van der Waals surface area contributed by atoms with E-state index in [1.54, 1.807) is 0 Å². The zero-order valence-corrected chi connectivity index (χ0v) is 10.7. The maximum atomic E-state index is 13.8. The number of pyridine rings is 1. The molecule has 22 heavy (non-hydrogen) atoms. The third-order valence-corrected chi connectivity index (χ3v) is 2.53. The van der Waals surface area contributed by atoms with Crippen molar-refractivity contribution in [1.82, 2.24) is 4.98 Å². The molecule has 0 aliphatic carbocycles. The van der Waals surface area contributed by atoms with Crippen LogP contribution < -0.4 is 9.47 Å². The summed E-state index contributed by atoms with van der Waals surface area (Å²) in [6.45, 7) is 0. The molecule has 0 spiro atoms. The summed E-state index contributed by atoms with van der Waals surface area (Å²) in [5.74, 6) is -8.16. The number of alkyl halides is 7. The highest BCUT2D eigenvalue weighted by molar-refractivity contribution is 5.39. The standard InChI is InChI=1S/C10H6F9NO2/c1-21-6-4(11)3(5(12)7(20-6)22-2)8(13,9(14,15)16)10(17,18)19/h1-2H3. The monoisotopic (exact) mass is 343 g/mol. The van der Waals surface area contributed by atoms with E-state index < -0.39 is 47.0 Å². The van der Waals surface area contributed by atoms with Crippen molar-refractivity contribution in [3.8, 4) is 11.8 Å². The largest absolute Gasteiger partial charge is 0.479 e. The maximum absolute atomic E-state index is 13.8. The van der Waals surface area contributed by atoms with Crippen LogP contribution in [0.3, 0.4) is 0 Å². The Hall–Kier alpha value is -1.88. The van der Waals surface area contributed by atoms with Crippen molar-refractivity contribution >= 4 is 0 Å². The van der Waals surface area contributed by atoms with Gasteiger partial charge in [0.05, 0.1) is 19.8 Å². The van der Waals surface area contributed by atoms with Crippen molar-refractivity contribution in [3.63, 3.8) is 0 Å². The molecule has 126 valence electrons. The normalized spacial score (nSPS) is 13.2. The Morgan fingerprint density at radius 3 is 1.27 bits per heavy atom. The summed E-state index contributed by atoms with van der Waals surface area (Å²) in [6.07, 6.45) is -13.4. The van der Waals surface area contributed by atoms with Gasteiger partial charge in [-0.25, -0.2) is 13.2 Å². The first-order valence-corrected chi connectivity index (χ1v) is 5.12. The van der Waals surface area contributed by atoms with Gasteiger partial charge in [0.2, 0.25) is 0 Å². The highest BCUT2D eigenvalue weighted by Crippen LogP contribution is 2.55. The van der Waals surface area contributed by atoms with E-state index in [-0.39, 0.29) is 0 Å². The van der Waals surface area contributed by atoms with Crippen LogP contribution in [0.4, 0.5) is 39.5 Å². The lowest BCUT2D eigenvalue weighted by molar-refractivity contribution is -0.350. The molecule has 1 aromatic rings. The van der Waals surface area contributed by atoms with Gasteiger partial charge < -0.3 is 9.47 Å². The van der Waals surface area contributed by atoms with Gasteiger partial charge in [-0.2, -0.15) is 31.3 Å². The molecular formula is C10H6F9NO2. The van der Waals surface area contributed by atoms with Gasteiger partial charge in [-0.1, -0.05) is 0 Å². The molecule has 0 aliphatic rings. The van der Waals surface area contributed by atoms with Gasteiger partial charge in [0.15, 0.2) is 11.6 Å². The van der Waals surface area contributed by atoms with E-state index in [4.69, 9.17) is 0 Å². The van der Waals surface area contributed by atoms with Crippen molar-refractivity contribution < 1.29 is 49.0 Å². The van der Waals surface area contributed by atoms with Crippen LogP contribution in [-0.4, -0.2) is 31.6 Å². The second kappa shape index (κ2) is 5.39. The van der Waals surface area contributed by atoms with Gasteiger partial charge in [0.1, 0.15) is 0 Å². The number of hydrogen-bond acceptors (Lipinski definition) is 3. The molecule has 0 radical (unpaired) electrons. The van der Waals surface area contributed by atoms with Crippen molar-refractivity contribution in [2.24, 2.45) is 0 Å². The molecule has 0 aromatic carbocycles. The van der Waals surface area contributed by atoms with Crippen molar-refractivity contribution in [3.05, 3.63) is 17.2 Å². The number of methoxy groups -OCH3 is 2. The minimum atomic E-state index is -6.70. The van der Waals surface area contributed by atoms with E-state index >= 15 is 0 Å². The lowest BCUT2D eigenvalue weighted by atomic mass is 9.93. The second-order valence-electron chi connectivity index (χ2n) is 3.79. The SMILES string of the molecule is COc1nc(OC)c(F)c(C(F)(C(F)(F)F)C(F)(F)F)c1F. The molecule has 0 aliphatic heterocycles. The lowest BCUT2D eigenvalue weighted by Crippen LogP contribution is -2.51. The molecule has 0 saturated heterocycles. The molecule has 0 amide bonds. The highest BCUT2D eigenvalue weighted by atomic mass is 19.4. The fourth-order valence-electron chi connectivity index (χ4n) is 1.52. The third-order valence-electron chi connectivity index (χ3n) is 2.53. The van der Waals surface area contributed by atoms with Crippen LogP contribution in [0.5, 0.6) is 11.8 Å². The molecule has 0 N–H and O–H groups in total. The topological polar surface area (TPSA) is 31.4 Å². The lowest BCUT2D eigenvalue weighted by Gasteiger charge is -2.31. The summed E-state index contributed by atoms with van der Waals surface area (Å²) in [7, 11) is 1.24. The van der Waals surface area contributed by atoms with Gasteiger partial charge in [-0.3, -0.25) is 0 Å². The molecule has 3 nitrogen and oxygen atoms in total. The Morgan fingerprint density at radius 2 is 1.05 bits per heavy atom. The third kappa shape index (κ3) is 2.50. The Balaban J connectivity index is 3.93. The zero-order valence-electron chi connectivity index (χ0n) is 10.7. The Labute approximate surface area is 116 Å². The van der Waals surface area contributed by atoms with E-state index in [0.717, 1.165) is 0 Å². The van der Waals surface area contributed by atoms with Gasteiger partial charge >= 0.3 is 18.0 Å². The Morgan fingerprint density at radius 1 is 0.727 bits per heavy atom. The fraction of sp³-hybridized carbons (Fsp3) is 0.500. The predicted octanol–water partition coefficient (Wildman–Crippen LogP) is 3.67. The van der Waals surface area contributed by atoms with Crippen LogP contribution in [0.15, 0.2) is 0 Å². The highest BCUT2D eigenvalue weighted by Gasteiger charge is 2.76. The number of halogens is 9. The summed E-state index contributed by atoms with van der Waals surface area (Å²) in [6, 6.07) is 0. The predicted molar refractivity (Wildman–Crippen MR) is 52.2 cm³/mol. The molecule has 0 saturated carbocycles. The first-order valence-electron chi connectivity index (χ1n) is 5.12. The minimum absolute atomic E-state index is 0.619. The Kier molecular flexibility index (Phi) is 4.45. The smallest absolute Gasteiger partial charge is 0.436 e. The van der Waals surface area contributed by atoms with Crippen LogP contribution in [0.1, 0.15) is 5.56 Å². The quantitative estimate of drug-likeness (QED) is 0.785. The van der Waals surface area contributed by atoms with E-state index in [1.165, 1.54) is 0 Å². The second-order valence-corrected chi connectivity index (χ2v) is 3.79. The average molecular weight is 343 g/mol. The van der Waals surface area contributed by atoms with Crippen LogP contribution >= 0.6 is 0 Å². The molecule has 1 aromatic heterocycles. The molecule has 0 fully saturated rings. The first kappa shape index (κ1) is 18.2. The number of ether oxygens (including phenoxy) is 2. The van der Waals surface area contributed by atoms with E-state index in [0.29, 0.717) is 14.2 Å². The van der Waals surface area contributed by atoms with E-state index in [2.05, 4.69) is 14.5 Å². The molecule has 0 unspecified atom stereocenters. The van der Waals surface area contributed by atoms with E-state index in [1.807, 2.05) is 0 Å². The fourth-order valence-corrected chi connectivity index (χ4v) is 1.52. The number of nitrogens with zero attached hydrogens (tertiary/aromatic N) is 1. The molecule has 1 heterocycles. The molecule has 1 rings (SSSR count). The van der Waals surface area contributed by atoms with Crippen LogP contribution in [0.2, 0.25) is 0 Å². The van der Waals surface area contributed by atoms with Gasteiger partial charge in [-0.15, -0.1) is 0 Å². The minimum Gasteiger partial charge on any atom is -0.479 e. The molecule has 0 atom stereocenters. The summed E-state index contributed by atoms with van der Waals surface area (Å²) in [5, 5.41) is 0. The molecular weight excluding hydrogens is 337 g/mol. The Bertz CT molecular complexity index is 525. The van der Waals surface area contributed by atoms with E-state index in [9.17, 15) is 39.5 Å². The van der Waals surface area contributed by atoms with Gasteiger partial charge in [0, 0.05) is 0 Å². The zero-order chi connectivity index (χ0) is 17.5. The summed E-state index contributed by atoms with van der Waals surface area (Å²) >= 11 is 0. The average Bonchev–Trinajstić information content (AvgIpc) is 2.36. The summed E-state index contributed by atoms with van der Waals surface area (Å²) in [5.41, 5.74) is -9.28. The molecule has 12 heteroatoms. The van der Waals surface area contributed by atoms with Crippen LogP contribution in [0.25, 0.3) is 0 Å². The van der Waals surface area contributed by atoms with Crippen molar-refractivity contribution in [2.45, 2.75) is 18.0 Å².